The van der Waals surface area contributed by atoms with Gasteiger partial charge in [0.05, 0.1) is 12.7 Å². The molecule has 10 atom stereocenters. The van der Waals surface area contributed by atoms with Crippen LogP contribution in [0, 0.1) is 5.92 Å². The maximum absolute atomic E-state index is 11.2. The molecule has 1 aromatic heterocycles. The molecule has 0 spiro atoms. The molecule has 0 saturated carbocycles. The first-order valence-electron chi connectivity index (χ1n) is 25.9. The van der Waals surface area contributed by atoms with Crippen LogP contribution in [0.15, 0.2) is 17.5 Å². The highest BCUT2D eigenvalue weighted by Gasteiger charge is 2.26. The second-order valence-electron chi connectivity index (χ2n) is 18.3. The molecule has 0 aromatic carbocycles. The Bertz CT molecular complexity index is 2110. The number of hydrogen-bond donors (Lipinski definition) is 23. The SMILES string of the molecule is CC(C)C[C@H](N)C(=O)O.CSCC[C@H](N)C(=O)O.C[C@H](N)C(=O)OC(=O)[C@@H]1CCCN1.NC(=O)C[C@H](N)C(=O)O.NC(N)=NCCC[C@H](N)C(=O)O.NCCCC[C@H](N)C(=O)O.N[C@@H](COC(=O)[C@@H](N)CS)C(=O)O.N[C@@H](Cc1cnc[nH]1)C(=O)O. The van der Waals surface area contributed by atoms with Crippen LogP contribution in [-0.2, 0) is 68.6 Å². The minimum Gasteiger partial charge on any atom is -0.480 e. The molecule has 2 rings (SSSR count). The number of ether oxygens (including phenoxy) is 2. The summed E-state index contributed by atoms with van der Waals surface area (Å²) in [4.78, 5) is 124. The maximum atomic E-state index is 11.2. The molecule has 35 N–H and O–H groups in total. The lowest BCUT2D eigenvalue weighted by atomic mass is 10.1. The van der Waals surface area contributed by atoms with Gasteiger partial charge in [0.1, 0.15) is 67.0 Å². The zero-order chi connectivity index (χ0) is 68.2. The van der Waals surface area contributed by atoms with E-state index in [9.17, 15) is 52.7 Å². The highest BCUT2D eigenvalue weighted by Crippen LogP contribution is 2.07. The fraction of sp³-hybridized carbons (Fsp3) is 0.681. The number of carboxylic acid groups (broad SMARTS) is 7. The van der Waals surface area contributed by atoms with Crippen molar-refractivity contribution in [1.82, 2.24) is 15.3 Å². The first kappa shape index (κ1) is 90.3. The quantitative estimate of drug-likeness (QED) is 0.00850. The molecule has 86 heavy (non-hydrogen) atoms. The third-order valence-corrected chi connectivity index (χ3v) is 10.8. The van der Waals surface area contributed by atoms with E-state index in [0.717, 1.165) is 43.7 Å². The van der Waals surface area contributed by atoms with Crippen LogP contribution in [0.1, 0.15) is 90.7 Å². The Hall–Kier alpha value is -6.89. The number of carbonyl (C=O) groups is 11. The topological polar surface area (TPSA) is 739 Å². The van der Waals surface area contributed by atoms with E-state index in [0.29, 0.717) is 51.1 Å². The van der Waals surface area contributed by atoms with Crippen molar-refractivity contribution in [2.45, 2.75) is 152 Å². The Labute approximate surface area is 507 Å². The van der Waals surface area contributed by atoms with Crippen LogP contribution in [0.3, 0.4) is 0 Å². The number of thioether (sulfide) groups is 1. The van der Waals surface area contributed by atoms with E-state index >= 15 is 0 Å². The van der Waals surface area contributed by atoms with E-state index in [1.54, 1.807) is 18.0 Å². The molecule has 0 radical (unpaired) electrons. The molecule has 1 aromatic rings. The summed E-state index contributed by atoms with van der Waals surface area (Å²) < 4.78 is 9.03. The molecular weight excluding hydrogens is 1190 g/mol. The average molecular weight is 1280 g/mol. The lowest BCUT2D eigenvalue weighted by Gasteiger charge is -2.10. The Morgan fingerprint density at radius 2 is 1.14 bits per heavy atom. The number of H-pyrrole nitrogens is 1. The molecule has 0 bridgehead atoms. The predicted octanol–water partition coefficient (Wildman–Crippen LogP) is -6.43. The van der Waals surface area contributed by atoms with E-state index in [1.165, 1.54) is 13.3 Å². The predicted molar refractivity (Wildman–Crippen MR) is 319 cm³/mol. The monoisotopic (exact) mass is 1280 g/mol. The molecule has 1 aliphatic heterocycles. The van der Waals surface area contributed by atoms with Gasteiger partial charge in [0.15, 0.2) is 5.96 Å². The summed E-state index contributed by atoms with van der Waals surface area (Å²) >= 11 is 5.37. The number of esters is 3. The van der Waals surface area contributed by atoms with Gasteiger partial charge in [-0.05, 0) is 89.3 Å². The van der Waals surface area contributed by atoms with Crippen LogP contribution in [-0.4, -0.2) is 222 Å². The number of nitrogens with zero attached hydrogens (tertiary/aromatic N) is 2. The number of amides is 1. The Morgan fingerprint density at radius 3 is 1.48 bits per heavy atom. The van der Waals surface area contributed by atoms with Crippen molar-refractivity contribution in [1.29, 1.82) is 0 Å². The van der Waals surface area contributed by atoms with Crippen LogP contribution >= 0.6 is 24.4 Å². The van der Waals surface area contributed by atoms with Crippen molar-refractivity contribution < 1.29 is 98.0 Å². The molecule has 37 nitrogen and oxygen atoms in total. The van der Waals surface area contributed by atoms with Crippen LogP contribution in [0.25, 0.3) is 0 Å². The van der Waals surface area contributed by atoms with Gasteiger partial charge in [-0.2, -0.15) is 24.4 Å². The first-order chi connectivity index (χ1) is 39.8. The number of carboxylic acids is 7. The van der Waals surface area contributed by atoms with Crippen LogP contribution < -0.4 is 79.9 Å². The van der Waals surface area contributed by atoms with Gasteiger partial charge >= 0.3 is 59.7 Å². The number of hydrogen-bond acceptors (Lipinski definition) is 28. The molecule has 0 unspecified atom stereocenters. The summed E-state index contributed by atoms with van der Waals surface area (Å²) in [6, 6.07) is -8.06. The number of rotatable bonds is 30. The summed E-state index contributed by atoms with van der Waals surface area (Å²) in [6.07, 6.45) is 10.8. The van der Waals surface area contributed by atoms with Gasteiger partial charge in [0.25, 0.3) is 0 Å². The number of thiol groups is 1. The maximum Gasteiger partial charge on any atom is 0.330 e. The lowest BCUT2D eigenvalue weighted by molar-refractivity contribution is -0.162. The van der Waals surface area contributed by atoms with Crippen molar-refractivity contribution in [3.05, 3.63) is 18.2 Å². The van der Waals surface area contributed by atoms with E-state index in [1.807, 2.05) is 20.1 Å². The summed E-state index contributed by atoms with van der Waals surface area (Å²) in [5.41, 5.74) is 67.3. The molecule has 2 heterocycles. The second-order valence-corrected chi connectivity index (χ2v) is 19.7. The smallest absolute Gasteiger partial charge is 0.330 e. The van der Waals surface area contributed by atoms with Crippen molar-refractivity contribution in [3.8, 4) is 0 Å². The summed E-state index contributed by atoms with van der Waals surface area (Å²) in [7, 11) is 0. The zero-order valence-corrected chi connectivity index (χ0v) is 50.4. The number of guanidine groups is 1. The van der Waals surface area contributed by atoms with Crippen molar-refractivity contribution >= 4 is 96.0 Å². The van der Waals surface area contributed by atoms with Crippen LogP contribution in [0.2, 0.25) is 0 Å². The number of aliphatic carboxylic acids is 7. The normalized spacial score (nSPS) is 14.8. The van der Waals surface area contributed by atoms with Crippen molar-refractivity contribution in [2.75, 3.05) is 44.0 Å². The Kier molecular flexibility index (Phi) is 58.7. The van der Waals surface area contributed by atoms with Gasteiger partial charge in [0.2, 0.25) is 5.91 Å². The lowest BCUT2D eigenvalue weighted by Crippen LogP contribution is -2.40. The highest BCUT2D eigenvalue weighted by molar-refractivity contribution is 7.98. The molecular formula is C47H95N17O20S2. The summed E-state index contributed by atoms with van der Waals surface area (Å²) in [5, 5.41) is 61.1. The van der Waals surface area contributed by atoms with Crippen molar-refractivity contribution in [2.24, 2.45) is 85.4 Å². The molecule has 1 fully saturated rings. The molecule has 1 aliphatic rings. The number of nitrogens with one attached hydrogen (secondary N) is 2. The first-order valence-corrected chi connectivity index (χ1v) is 28.0. The van der Waals surface area contributed by atoms with Crippen LogP contribution in [0.5, 0.6) is 0 Å². The number of carbonyl (C=O) groups excluding carboxylic acids is 4. The third-order valence-electron chi connectivity index (χ3n) is 9.75. The zero-order valence-electron chi connectivity index (χ0n) is 48.7. The van der Waals surface area contributed by atoms with Gasteiger partial charge in [0, 0.05) is 30.6 Å². The fourth-order valence-corrected chi connectivity index (χ4v) is 5.49. The minimum absolute atomic E-state index is 0.0129. The molecule has 500 valence electrons. The third kappa shape index (κ3) is 60.2. The number of primary amides is 1. The Morgan fingerprint density at radius 1 is 0.663 bits per heavy atom. The number of aromatic nitrogens is 2. The standard InChI is InChI=1S/C8H14N2O3.C6H14N4O2.C6H9N3O2.C6H12N2O4S.C6H14N2O2.C6H13NO2.C5H11NO2S.C4H8N2O3/c1-5(9)7(11)13-8(12)6-3-2-4-10-6;7-4(5(11)12)2-1-3-10-6(8)9;7-5(6(10)11)1-4-2-8-3-9-4;7-3(5(9)10)1-12-6(11)4(8)2-13;7-4-2-1-3-5(8)6(9)10;1-4(2)3-5(7)6(8)9;1-9-3-2-4(6)5(7)8;5-2(4(8)9)1-3(6)7/h5-6,10H,2-4,9H2,1H3;4H,1-3,7H2,(H,11,12)(H4,8,9,10);2-3,5H,1,7H2,(H,8,9)(H,10,11);3-4,13H,1-2,7-8H2,(H,9,10);5H,1-4,7-8H2,(H,9,10);4-5H,3,7H2,1-2H3,(H,8,9);4H,2-3,6H2,1H3,(H,7,8);2H,1,5H2,(H2,6,7)(H,8,9)/t5-,6-;4-;5-;3-,4-;2*5-;4-;2-/m00000000/s1. The number of nitrogens with two attached hydrogens (primary N) is 13. The molecule has 0 aliphatic carbocycles. The molecule has 1 saturated heterocycles. The molecule has 1 amide bonds. The Balaban J connectivity index is -0.000000214. The summed E-state index contributed by atoms with van der Waals surface area (Å²) in [6.45, 7) is 6.82. The van der Waals surface area contributed by atoms with E-state index < -0.39 is 120 Å². The number of unbranched alkanes of at least 4 members (excludes halogenated alkanes) is 1. The largest absolute Gasteiger partial charge is 0.480 e. The molecule has 39 heteroatoms. The fourth-order valence-electron chi connectivity index (χ4n) is 4.85. The van der Waals surface area contributed by atoms with Gasteiger partial charge in [-0.1, -0.05) is 20.3 Å². The van der Waals surface area contributed by atoms with Gasteiger partial charge in [-0.25, -0.2) is 14.6 Å². The second kappa shape index (κ2) is 55.9. The number of imidazole rings is 1. The van der Waals surface area contributed by atoms with E-state index in [2.05, 4.69) is 48.1 Å². The summed E-state index contributed by atoms with van der Waals surface area (Å²) in [5.74, 6) is -8.47. The van der Waals surface area contributed by atoms with Gasteiger partial charge in [-0.15, -0.1) is 0 Å². The average Bonchev–Trinajstić information content (AvgIpc) is 4.21. The van der Waals surface area contributed by atoms with Gasteiger partial charge in [-0.3, -0.25) is 48.1 Å². The van der Waals surface area contributed by atoms with Gasteiger partial charge < -0.3 is 130 Å². The van der Waals surface area contributed by atoms with E-state index in [-0.39, 0.29) is 37.2 Å². The number of aliphatic imine (C=N–C) groups is 1. The van der Waals surface area contributed by atoms with Crippen LogP contribution in [0.4, 0.5) is 0 Å². The highest BCUT2D eigenvalue weighted by atomic mass is 32.2. The van der Waals surface area contributed by atoms with Crippen molar-refractivity contribution in [3.63, 3.8) is 0 Å². The number of aromatic amines is 1. The minimum atomic E-state index is -1.23. The van der Waals surface area contributed by atoms with E-state index in [4.69, 9.17) is 105 Å².